The van der Waals surface area contributed by atoms with Gasteiger partial charge in [-0.1, -0.05) is 0 Å². The molecular formula is C16H13FN2O2. The van der Waals surface area contributed by atoms with Gasteiger partial charge in [0.05, 0.1) is 0 Å². The van der Waals surface area contributed by atoms with Crippen LogP contribution in [0.25, 0.3) is 11.0 Å². The molecule has 106 valence electrons. The summed E-state index contributed by atoms with van der Waals surface area (Å²) < 4.78 is 18.6. The Bertz CT molecular complexity index is 887. The van der Waals surface area contributed by atoms with Crippen LogP contribution >= 0.6 is 0 Å². The third kappa shape index (κ3) is 2.50. The monoisotopic (exact) mass is 284 g/mol. The third-order valence-corrected chi connectivity index (χ3v) is 3.47. The molecule has 0 saturated heterocycles. The van der Waals surface area contributed by atoms with E-state index in [4.69, 9.17) is 10.2 Å². The SMILES string of the molecule is Cc1c(Cc2ccnc(N)c2)c(=O)oc2ccc(F)cc12. The van der Waals surface area contributed by atoms with Crippen molar-refractivity contribution in [1.82, 2.24) is 4.98 Å². The standard InChI is InChI=1S/C16H13FN2O2/c1-9-12-8-11(17)2-3-14(12)21-16(20)13(9)6-10-4-5-19-15(18)7-10/h2-5,7-8H,6H2,1H3,(H2,18,19). The normalized spacial score (nSPS) is 11.0. The number of aryl methyl sites for hydroxylation is 1. The fraction of sp³-hybridized carbons (Fsp3) is 0.125. The van der Waals surface area contributed by atoms with Crippen molar-refractivity contribution in [3.63, 3.8) is 0 Å². The highest BCUT2D eigenvalue weighted by Crippen LogP contribution is 2.22. The summed E-state index contributed by atoms with van der Waals surface area (Å²) in [7, 11) is 0. The molecule has 4 nitrogen and oxygen atoms in total. The number of benzene rings is 1. The molecular weight excluding hydrogens is 271 g/mol. The summed E-state index contributed by atoms with van der Waals surface area (Å²) in [5, 5.41) is 0.603. The van der Waals surface area contributed by atoms with Crippen LogP contribution in [-0.4, -0.2) is 4.98 Å². The van der Waals surface area contributed by atoms with E-state index in [0.29, 0.717) is 28.8 Å². The Morgan fingerprint density at radius 1 is 1.29 bits per heavy atom. The van der Waals surface area contributed by atoms with E-state index in [1.54, 1.807) is 25.3 Å². The van der Waals surface area contributed by atoms with Gasteiger partial charge in [0.2, 0.25) is 0 Å². The first-order valence-corrected chi connectivity index (χ1v) is 6.47. The Labute approximate surface area is 120 Å². The number of nitrogens with zero attached hydrogens (tertiary/aromatic N) is 1. The zero-order valence-corrected chi connectivity index (χ0v) is 11.4. The van der Waals surface area contributed by atoms with Crippen molar-refractivity contribution in [3.05, 3.63) is 69.5 Å². The summed E-state index contributed by atoms with van der Waals surface area (Å²) in [6, 6.07) is 7.60. The highest BCUT2D eigenvalue weighted by molar-refractivity contribution is 5.81. The molecule has 1 aromatic carbocycles. The van der Waals surface area contributed by atoms with E-state index in [0.717, 1.165) is 11.1 Å². The van der Waals surface area contributed by atoms with E-state index in [1.807, 2.05) is 0 Å². The minimum Gasteiger partial charge on any atom is -0.422 e. The van der Waals surface area contributed by atoms with E-state index in [1.165, 1.54) is 18.2 Å². The number of halogens is 1. The van der Waals surface area contributed by atoms with E-state index in [2.05, 4.69) is 4.98 Å². The van der Waals surface area contributed by atoms with Crippen molar-refractivity contribution in [1.29, 1.82) is 0 Å². The highest BCUT2D eigenvalue weighted by atomic mass is 19.1. The summed E-state index contributed by atoms with van der Waals surface area (Å²) in [6.07, 6.45) is 1.95. The number of aromatic nitrogens is 1. The smallest absolute Gasteiger partial charge is 0.340 e. The number of nitrogens with two attached hydrogens (primary N) is 1. The van der Waals surface area contributed by atoms with Crippen LogP contribution in [0, 0.1) is 12.7 Å². The second-order valence-corrected chi connectivity index (χ2v) is 4.90. The molecule has 0 aliphatic heterocycles. The summed E-state index contributed by atoms with van der Waals surface area (Å²) >= 11 is 0. The maximum absolute atomic E-state index is 13.4. The average Bonchev–Trinajstić information content (AvgIpc) is 2.45. The van der Waals surface area contributed by atoms with Gasteiger partial charge in [0.25, 0.3) is 0 Å². The lowest BCUT2D eigenvalue weighted by atomic mass is 10.00. The number of nitrogen functional groups attached to an aromatic ring is 1. The molecule has 5 heteroatoms. The molecule has 0 unspecified atom stereocenters. The first-order chi connectivity index (χ1) is 10.0. The molecule has 0 aliphatic rings. The van der Waals surface area contributed by atoms with Crippen LogP contribution in [0.1, 0.15) is 16.7 Å². The Kier molecular flexibility index (Phi) is 3.17. The summed E-state index contributed by atoms with van der Waals surface area (Å²) in [6.45, 7) is 1.79. The van der Waals surface area contributed by atoms with Crippen molar-refractivity contribution in [3.8, 4) is 0 Å². The first-order valence-electron chi connectivity index (χ1n) is 6.47. The van der Waals surface area contributed by atoms with Crippen LogP contribution in [0.3, 0.4) is 0 Å². The Balaban J connectivity index is 2.16. The molecule has 0 spiro atoms. The molecule has 2 aromatic heterocycles. The van der Waals surface area contributed by atoms with E-state index in [9.17, 15) is 9.18 Å². The number of hydrogen-bond donors (Lipinski definition) is 1. The Morgan fingerprint density at radius 3 is 2.86 bits per heavy atom. The van der Waals surface area contributed by atoms with Gasteiger partial charge in [-0.3, -0.25) is 0 Å². The van der Waals surface area contributed by atoms with Gasteiger partial charge in [0, 0.05) is 23.6 Å². The van der Waals surface area contributed by atoms with Crippen LogP contribution in [0.2, 0.25) is 0 Å². The van der Waals surface area contributed by atoms with Gasteiger partial charge >= 0.3 is 5.63 Å². The van der Waals surface area contributed by atoms with Crippen LogP contribution in [0.4, 0.5) is 10.2 Å². The molecule has 2 heterocycles. The lowest BCUT2D eigenvalue weighted by Gasteiger charge is -2.08. The van der Waals surface area contributed by atoms with Crippen molar-refractivity contribution >= 4 is 16.8 Å². The molecule has 0 amide bonds. The van der Waals surface area contributed by atoms with E-state index in [-0.39, 0.29) is 5.82 Å². The lowest BCUT2D eigenvalue weighted by Crippen LogP contribution is -2.11. The van der Waals surface area contributed by atoms with Gasteiger partial charge in [0.15, 0.2) is 0 Å². The zero-order valence-electron chi connectivity index (χ0n) is 11.4. The third-order valence-electron chi connectivity index (χ3n) is 3.47. The van der Waals surface area contributed by atoms with Crippen molar-refractivity contribution < 1.29 is 8.81 Å². The molecule has 0 bridgehead atoms. The molecule has 3 aromatic rings. The first kappa shape index (κ1) is 13.3. The second kappa shape index (κ2) is 5.01. The van der Waals surface area contributed by atoms with Crippen molar-refractivity contribution in [2.45, 2.75) is 13.3 Å². The molecule has 3 rings (SSSR count). The van der Waals surface area contributed by atoms with E-state index < -0.39 is 5.63 Å². The Hall–Kier alpha value is -2.69. The van der Waals surface area contributed by atoms with Crippen LogP contribution in [0.5, 0.6) is 0 Å². The van der Waals surface area contributed by atoms with Gasteiger partial charge in [-0.2, -0.15) is 0 Å². The minimum absolute atomic E-state index is 0.362. The van der Waals surface area contributed by atoms with Gasteiger partial charge in [-0.15, -0.1) is 0 Å². The average molecular weight is 284 g/mol. The van der Waals surface area contributed by atoms with Crippen LogP contribution < -0.4 is 11.4 Å². The minimum atomic E-state index is -0.415. The number of rotatable bonds is 2. The second-order valence-electron chi connectivity index (χ2n) is 4.90. The lowest BCUT2D eigenvalue weighted by molar-refractivity contribution is 0.548. The fourth-order valence-corrected chi connectivity index (χ4v) is 2.37. The maximum atomic E-state index is 13.4. The molecule has 21 heavy (non-hydrogen) atoms. The summed E-state index contributed by atoms with van der Waals surface area (Å²) in [5.74, 6) is 0.0277. The van der Waals surface area contributed by atoms with Gasteiger partial charge in [0.1, 0.15) is 17.2 Å². The molecule has 0 aliphatic carbocycles. The topological polar surface area (TPSA) is 69.1 Å². The number of pyridine rings is 1. The highest BCUT2D eigenvalue weighted by Gasteiger charge is 2.12. The number of fused-ring (bicyclic) bond motifs is 1. The number of anilines is 1. The van der Waals surface area contributed by atoms with Crippen molar-refractivity contribution in [2.24, 2.45) is 0 Å². The predicted molar refractivity (Wildman–Crippen MR) is 78.6 cm³/mol. The molecule has 0 radical (unpaired) electrons. The molecule has 0 saturated carbocycles. The van der Waals surface area contributed by atoms with Gasteiger partial charge in [-0.25, -0.2) is 14.2 Å². The molecule has 0 atom stereocenters. The molecule has 0 fully saturated rings. The van der Waals surface area contributed by atoms with Gasteiger partial charge < -0.3 is 10.2 Å². The summed E-state index contributed by atoms with van der Waals surface area (Å²) in [5.41, 5.74) is 7.68. The Morgan fingerprint density at radius 2 is 2.10 bits per heavy atom. The van der Waals surface area contributed by atoms with Gasteiger partial charge in [-0.05, 0) is 48.4 Å². The zero-order chi connectivity index (χ0) is 15.0. The quantitative estimate of drug-likeness (QED) is 0.735. The van der Waals surface area contributed by atoms with Crippen LogP contribution in [0.15, 0.2) is 45.7 Å². The largest absolute Gasteiger partial charge is 0.422 e. The maximum Gasteiger partial charge on any atom is 0.340 e. The van der Waals surface area contributed by atoms with Crippen LogP contribution in [-0.2, 0) is 6.42 Å². The number of hydrogen-bond acceptors (Lipinski definition) is 4. The summed E-state index contributed by atoms with van der Waals surface area (Å²) in [4.78, 5) is 16.0. The molecule has 2 N–H and O–H groups in total. The van der Waals surface area contributed by atoms with E-state index >= 15 is 0 Å². The van der Waals surface area contributed by atoms with Crippen molar-refractivity contribution in [2.75, 3.05) is 5.73 Å². The predicted octanol–water partition coefficient (Wildman–Crippen LogP) is 2.81. The fourth-order valence-electron chi connectivity index (χ4n) is 2.37.